The Kier molecular flexibility index (Phi) is 6.15. The van der Waals surface area contributed by atoms with Gasteiger partial charge in [0.25, 0.3) is 5.91 Å². The lowest BCUT2D eigenvalue weighted by molar-refractivity contribution is 0.0906. The Bertz CT molecular complexity index is 830. The van der Waals surface area contributed by atoms with E-state index in [9.17, 15) is 23.1 Å². The van der Waals surface area contributed by atoms with Gasteiger partial charge in [-0.05, 0) is 16.5 Å². The fourth-order valence-electron chi connectivity index (χ4n) is 2.66. The van der Waals surface area contributed by atoms with Gasteiger partial charge in [-0.25, -0.2) is 13.2 Å². The van der Waals surface area contributed by atoms with E-state index in [0.29, 0.717) is 11.6 Å². The third-order valence-corrected chi connectivity index (χ3v) is 4.22. The van der Waals surface area contributed by atoms with E-state index in [-0.39, 0.29) is 5.41 Å². The predicted octanol–water partition coefficient (Wildman–Crippen LogP) is 3.87. The number of carbonyl (C=O) groups excluding carboxylic acids is 1. The van der Waals surface area contributed by atoms with Crippen LogP contribution in [-0.2, 0) is 5.41 Å². The summed E-state index contributed by atoms with van der Waals surface area (Å²) in [6.45, 7) is 5.64. The molecule has 0 aliphatic heterocycles. The topological polar surface area (TPSA) is 58.6 Å². The van der Waals surface area contributed by atoms with Crippen molar-refractivity contribution in [2.45, 2.75) is 32.2 Å². The van der Waals surface area contributed by atoms with Gasteiger partial charge in [-0.15, -0.1) is 0 Å². The van der Waals surface area contributed by atoms with Crippen LogP contribution >= 0.6 is 0 Å². The van der Waals surface area contributed by atoms with Crippen LogP contribution < -0.4 is 10.1 Å². The van der Waals surface area contributed by atoms with Crippen LogP contribution in [0.25, 0.3) is 0 Å². The minimum absolute atomic E-state index is 0.0773. The number of aliphatic hydroxyl groups is 1. The Morgan fingerprint density at radius 3 is 2.22 bits per heavy atom. The molecule has 0 saturated heterocycles. The number of benzene rings is 2. The lowest BCUT2D eigenvalue weighted by Gasteiger charge is -2.22. The summed E-state index contributed by atoms with van der Waals surface area (Å²) in [4.78, 5) is 12.4. The Balaban J connectivity index is 2.33. The van der Waals surface area contributed by atoms with Crippen LogP contribution in [0.15, 0.2) is 30.3 Å². The first-order valence-electron chi connectivity index (χ1n) is 8.33. The van der Waals surface area contributed by atoms with Crippen LogP contribution in [-0.4, -0.2) is 24.7 Å². The maximum absolute atomic E-state index is 14.1. The highest BCUT2D eigenvalue weighted by Gasteiger charge is 2.27. The van der Waals surface area contributed by atoms with E-state index in [2.05, 4.69) is 5.32 Å². The van der Waals surface area contributed by atoms with Crippen molar-refractivity contribution in [3.05, 3.63) is 64.5 Å². The lowest BCUT2D eigenvalue weighted by Crippen LogP contribution is -2.32. The Morgan fingerprint density at radius 2 is 1.74 bits per heavy atom. The molecule has 146 valence electrons. The summed E-state index contributed by atoms with van der Waals surface area (Å²) >= 11 is 0. The minimum atomic E-state index is -1.52. The van der Waals surface area contributed by atoms with Crippen molar-refractivity contribution < 1.29 is 27.8 Å². The van der Waals surface area contributed by atoms with Crippen LogP contribution in [0.1, 0.15) is 48.3 Å². The number of amides is 1. The summed E-state index contributed by atoms with van der Waals surface area (Å²) in [7, 11) is 1.04. The van der Waals surface area contributed by atoms with E-state index in [0.717, 1.165) is 12.7 Å². The molecular weight excluding hydrogens is 359 g/mol. The van der Waals surface area contributed by atoms with Gasteiger partial charge < -0.3 is 15.2 Å². The molecular formula is C20H22F3NO3. The first kappa shape index (κ1) is 20.8. The molecule has 0 saturated carbocycles. The molecule has 7 heteroatoms. The van der Waals surface area contributed by atoms with E-state index in [1.807, 2.05) is 32.9 Å². The molecule has 0 aliphatic rings. The molecule has 1 unspecified atom stereocenters. The van der Waals surface area contributed by atoms with Crippen molar-refractivity contribution >= 4 is 5.91 Å². The van der Waals surface area contributed by atoms with E-state index in [1.54, 1.807) is 12.1 Å². The third-order valence-electron chi connectivity index (χ3n) is 4.22. The Labute approximate surface area is 156 Å². The Hall–Kier alpha value is -2.54. The smallest absolute Gasteiger partial charge is 0.258 e. The number of aliphatic hydroxyl groups excluding tert-OH is 1. The van der Waals surface area contributed by atoms with Gasteiger partial charge in [0.2, 0.25) is 0 Å². The summed E-state index contributed by atoms with van der Waals surface area (Å²) in [5, 5.41) is 12.0. The van der Waals surface area contributed by atoms with Crippen LogP contribution in [0.4, 0.5) is 13.2 Å². The predicted molar refractivity (Wildman–Crippen MR) is 95.3 cm³/mol. The van der Waals surface area contributed by atoms with Gasteiger partial charge in [0, 0.05) is 6.07 Å². The number of halogens is 3. The molecule has 1 atom stereocenters. The third kappa shape index (κ3) is 4.42. The quantitative estimate of drug-likeness (QED) is 0.773. The van der Waals surface area contributed by atoms with E-state index in [1.165, 1.54) is 0 Å². The number of carbonyl (C=O) groups is 1. The number of hydrogen-bond acceptors (Lipinski definition) is 3. The molecule has 2 aromatic carbocycles. The molecule has 0 aliphatic carbocycles. The Morgan fingerprint density at radius 1 is 1.15 bits per heavy atom. The first-order valence-corrected chi connectivity index (χ1v) is 8.33. The minimum Gasteiger partial charge on any atom is -0.493 e. The number of rotatable bonds is 5. The molecule has 0 fully saturated rings. The van der Waals surface area contributed by atoms with E-state index < -0.39 is 47.3 Å². The standard InChI is InChI=1S/C20H22F3NO3/c1-20(2,3)12-7-5-11(6-8-12)15(10-25)24-19(26)16-17(23)13(21)9-14(22)18(16)27-4/h5-9,15,25H,10H2,1-4H3,(H,24,26). The van der Waals surface area contributed by atoms with Gasteiger partial charge in [0.15, 0.2) is 23.2 Å². The molecule has 0 spiro atoms. The number of nitrogens with one attached hydrogen (secondary N) is 1. The van der Waals surface area contributed by atoms with Crippen molar-refractivity contribution in [1.29, 1.82) is 0 Å². The molecule has 0 aromatic heterocycles. The van der Waals surface area contributed by atoms with Gasteiger partial charge in [-0.2, -0.15) is 0 Å². The fraction of sp³-hybridized carbons (Fsp3) is 0.350. The summed E-state index contributed by atoms with van der Waals surface area (Å²) in [6, 6.07) is 6.57. The maximum Gasteiger partial charge on any atom is 0.258 e. The van der Waals surface area contributed by atoms with Crippen LogP contribution in [0, 0.1) is 17.5 Å². The average molecular weight is 381 g/mol. The second-order valence-electron chi connectivity index (χ2n) is 7.14. The monoisotopic (exact) mass is 381 g/mol. The summed E-state index contributed by atoms with van der Waals surface area (Å²) in [5.74, 6) is -6.02. The second kappa shape index (κ2) is 8.00. The average Bonchev–Trinajstić information content (AvgIpc) is 2.61. The summed E-state index contributed by atoms with van der Waals surface area (Å²) in [6.07, 6.45) is 0. The number of ether oxygens (including phenoxy) is 1. The van der Waals surface area contributed by atoms with Gasteiger partial charge in [0.1, 0.15) is 5.56 Å². The van der Waals surface area contributed by atoms with Gasteiger partial charge >= 0.3 is 0 Å². The molecule has 2 N–H and O–H groups in total. The first-order chi connectivity index (χ1) is 12.6. The van der Waals surface area contributed by atoms with Crippen molar-refractivity contribution in [3.8, 4) is 5.75 Å². The number of methoxy groups -OCH3 is 1. The highest BCUT2D eigenvalue weighted by molar-refractivity contribution is 5.97. The zero-order valence-electron chi connectivity index (χ0n) is 15.6. The largest absolute Gasteiger partial charge is 0.493 e. The zero-order chi connectivity index (χ0) is 20.4. The van der Waals surface area contributed by atoms with E-state index in [4.69, 9.17) is 4.74 Å². The molecule has 2 rings (SSSR count). The van der Waals surface area contributed by atoms with Gasteiger partial charge in [-0.1, -0.05) is 45.0 Å². The maximum atomic E-state index is 14.1. The summed E-state index contributed by atoms with van der Waals surface area (Å²) in [5.41, 5.74) is 0.649. The lowest BCUT2D eigenvalue weighted by atomic mass is 9.86. The van der Waals surface area contributed by atoms with Crippen LogP contribution in [0.5, 0.6) is 5.75 Å². The van der Waals surface area contributed by atoms with Crippen molar-refractivity contribution in [3.63, 3.8) is 0 Å². The second-order valence-corrected chi connectivity index (χ2v) is 7.14. The van der Waals surface area contributed by atoms with Gasteiger partial charge in [0.05, 0.1) is 19.8 Å². The number of hydrogen-bond donors (Lipinski definition) is 2. The summed E-state index contributed by atoms with van der Waals surface area (Å²) < 4.78 is 46.1. The zero-order valence-corrected chi connectivity index (χ0v) is 15.6. The highest BCUT2D eigenvalue weighted by atomic mass is 19.2. The molecule has 1 amide bonds. The molecule has 0 radical (unpaired) electrons. The van der Waals surface area contributed by atoms with Crippen molar-refractivity contribution in [2.75, 3.05) is 13.7 Å². The van der Waals surface area contributed by atoms with Crippen LogP contribution in [0.3, 0.4) is 0 Å². The fourth-order valence-corrected chi connectivity index (χ4v) is 2.66. The highest BCUT2D eigenvalue weighted by Crippen LogP contribution is 2.29. The van der Waals surface area contributed by atoms with Gasteiger partial charge in [-0.3, -0.25) is 4.79 Å². The molecule has 27 heavy (non-hydrogen) atoms. The SMILES string of the molecule is COc1c(F)cc(F)c(F)c1C(=O)NC(CO)c1ccc(C(C)(C)C)cc1. The molecule has 0 heterocycles. The molecule has 0 bridgehead atoms. The van der Waals surface area contributed by atoms with Crippen molar-refractivity contribution in [2.24, 2.45) is 0 Å². The molecule has 2 aromatic rings. The van der Waals surface area contributed by atoms with Crippen molar-refractivity contribution in [1.82, 2.24) is 5.32 Å². The van der Waals surface area contributed by atoms with Crippen LogP contribution in [0.2, 0.25) is 0 Å². The molecule has 4 nitrogen and oxygen atoms in total. The van der Waals surface area contributed by atoms with E-state index >= 15 is 0 Å². The normalized spacial score (nSPS) is 12.6.